The van der Waals surface area contributed by atoms with Gasteiger partial charge in [-0.05, 0) is 30.7 Å². The summed E-state index contributed by atoms with van der Waals surface area (Å²) in [4.78, 5) is 39.5. The van der Waals surface area contributed by atoms with Gasteiger partial charge in [-0.3, -0.25) is 9.59 Å². The number of piperidine rings is 1. The molecule has 2 aliphatic heterocycles. The van der Waals surface area contributed by atoms with Gasteiger partial charge in [0.25, 0.3) is 5.56 Å². The van der Waals surface area contributed by atoms with Crippen molar-refractivity contribution in [3.8, 4) is 0 Å². The molecule has 0 aromatic carbocycles. The van der Waals surface area contributed by atoms with Crippen LogP contribution in [0.15, 0.2) is 23.0 Å². The number of urea groups is 1. The number of rotatable bonds is 7. The maximum atomic E-state index is 13.0. The van der Waals surface area contributed by atoms with Crippen LogP contribution >= 0.6 is 0 Å². The molecule has 1 aromatic rings. The quantitative estimate of drug-likeness (QED) is 0.687. The lowest BCUT2D eigenvalue weighted by Gasteiger charge is -2.43. The van der Waals surface area contributed by atoms with Gasteiger partial charge in [-0.25, -0.2) is 4.79 Å². The summed E-state index contributed by atoms with van der Waals surface area (Å²) in [6.45, 7) is 8.52. The molecule has 0 unspecified atom stereocenters. The highest BCUT2D eigenvalue weighted by atomic mass is 16.2. The molecule has 7 nitrogen and oxygen atoms in total. The molecule has 1 fully saturated rings. The number of likely N-dealkylation sites (tertiary alicyclic amines) is 1. The Kier molecular flexibility index (Phi) is 6.98. The Morgan fingerprint density at radius 1 is 1.17 bits per heavy atom. The summed E-state index contributed by atoms with van der Waals surface area (Å²) >= 11 is 0. The van der Waals surface area contributed by atoms with Crippen molar-refractivity contribution in [1.82, 2.24) is 20.1 Å². The number of aromatic nitrogens is 1. The van der Waals surface area contributed by atoms with Gasteiger partial charge in [0.05, 0.1) is 0 Å². The first-order valence-electron chi connectivity index (χ1n) is 10.9. The van der Waals surface area contributed by atoms with Crippen LogP contribution in [0.2, 0.25) is 0 Å². The molecule has 160 valence electrons. The van der Waals surface area contributed by atoms with E-state index in [9.17, 15) is 14.4 Å². The summed E-state index contributed by atoms with van der Waals surface area (Å²) in [5.74, 6) is 0.335. The maximum absolute atomic E-state index is 13.0. The molecule has 1 aromatic heterocycles. The van der Waals surface area contributed by atoms with Gasteiger partial charge in [0.1, 0.15) is 6.04 Å². The highest BCUT2D eigenvalue weighted by molar-refractivity contribution is 5.87. The molecular weight excluding hydrogens is 368 g/mol. The SMILES string of the molecule is CCCCCNC(=O)[C@@H](NC(=O)N1C[C@@H]2C[C@@H](C1)c1cccc(=O)n1C2)C(C)C. The summed E-state index contributed by atoms with van der Waals surface area (Å²) in [6, 6.07) is 4.66. The van der Waals surface area contributed by atoms with E-state index >= 15 is 0 Å². The topological polar surface area (TPSA) is 83.4 Å². The van der Waals surface area contributed by atoms with Crippen molar-refractivity contribution in [2.24, 2.45) is 11.8 Å². The van der Waals surface area contributed by atoms with Crippen LogP contribution < -0.4 is 16.2 Å². The lowest BCUT2D eigenvalue weighted by Crippen LogP contribution is -2.57. The number of nitrogens with one attached hydrogen (secondary N) is 2. The lowest BCUT2D eigenvalue weighted by molar-refractivity contribution is -0.123. The zero-order valence-electron chi connectivity index (χ0n) is 17.8. The minimum atomic E-state index is -0.541. The second-order valence-electron chi connectivity index (χ2n) is 8.77. The molecule has 29 heavy (non-hydrogen) atoms. The smallest absolute Gasteiger partial charge is 0.318 e. The average molecular weight is 403 g/mol. The highest BCUT2D eigenvalue weighted by Gasteiger charge is 2.37. The van der Waals surface area contributed by atoms with Gasteiger partial charge in [-0.2, -0.15) is 0 Å². The van der Waals surface area contributed by atoms with E-state index in [-0.39, 0.29) is 35.3 Å². The molecule has 3 heterocycles. The number of carbonyl (C=O) groups excluding carboxylic acids is 2. The third kappa shape index (κ3) is 5.00. The number of fused-ring (bicyclic) bond motifs is 4. The van der Waals surface area contributed by atoms with Crippen molar-refractivity contribution >= 4 is 11.9 Å². The van der Waals surface area contributed by atoms with Gasteiger partial charge in [-0.15, -0.1) is 0 Å². The summed E-state index contributed by atoms with van der Waals surface area (Å²) in [5.41, 5.74) is 1.05. The van der Waals surface area contributed by atoms with Crippen molar-refractivity contribution in [2.45, 2.75) is 65.0 Å². The first-order chi connectivity index (χ1) is 13.9. The zero-order chi connectivity index (χ0) is 21.0. The largest absolute Gasteiger partial charge is 0.354 e. The van der Waals surface area contributed by atoms with Crippen LogP contribution in [0, 0.1) is 11.8 Å². The van der Waals surface area contributed by atoms with Gasteiger partial charge in [0.15, 0.2) is 0 Å². The third-order valence-corrected chi connectivity index (χ3v) is 6.07. The standard InChI is InChI=1S/C22H34N4O3/c1-4-5-6-10-23-21(28)20(15(2)3)24-22(29)25-12-16-11-17(14-25)18-8-7-9-19(27)26(18)13-16/h7-9,15-17,20H,4-6,10-14H2,1-3H3,(H,23,28)(H,24,29)/t16-,17-,20-/m0/s1. The summed E-state index contributed by atoms with van der Waals surface area (Å²) in [7, 11) is 0. The Morgan fingerprint density at radius 3 is 2.69 bits per heavy atom. The Balaban J connectivity index is 1.63. The number of carbonyl (C=O) groups is 2. The Bertz CT molecular complexity index is 789. The third-order valence-electron chi connectivity index (χ3n) is 6.07. The molecule has 0 saturated carbocycles. The normalized spacial score (nSPS) is 21.4. The number of nitrogens with zero attached hydrogens (tertiary/aromatic N) is 2. The van der Waals surface area contributed by atoms with E-state index in [4.69, 9.17) is 0 Å². The first kappa shape index (κ1) is 21.4. The van der Waals surface area contributed by atoms with Crippen LogP contribution in [0.5, 0.6) is 0 Å². The molecule has 0 aliphatic carbocycles. The molecule has 1 saturated heterocycles. The number of amides is 3. The fourth-order valence-corrected chi connectivity index (χ4v) is 4.52. The summed E-state index contributed by atoms with van der Waals surface area (Å²) in [5, 5.41) is 5.91. The second kappa shape index (κ2) is 9.46. The molecule has 3 amide bonds. The molecule has 2 bridgehead atoms. The maximum Gasteiger partial charge on any atom is 0.318 e. The molecular formula is C22H34N4O3. The van der Waals surface area contributed by atoms with Crippen LogP contribution in [0.25, 0.3) is 0 Å². The van der Waals surface area contributed by atoms with Gasteiger partial charge < -0.3 is 20.1 Å². The van der Waals surface area contributed by atoms with Crippen molar-refractivity contribution in [1.29, 1.82) is 0 Å². The van der Waals surface area contributed by atoms with Crippen LogP contribution in [-0.2, 0) is 11.3 Å². The first-order valence-corrected chi connectivity index (χ1v) is 10.9. The predicted octanol–water partition coefficient (Wildman–Crippen LogP) is 2.31. The molecule has 3 atom stereocenters. The summed E-state index contributed by atoms with van der Waals surface area (Å²) < 4.78 is 1.86. The van der Waals surface area contributed by atoms with Crippen molar-refractivity contribution in [2.75, 3.05) is 19.6 Å². The van der Waals surface area contributed by atoms with Crippen LogP contribution in [0.4, 0.5) is 4.79 Å². The fourth-order valence-electron chi connectivity index (χ4n) is 4.52. The highest BCUT2D eigenvalue weighted by Crippen LogP contribution is 2.34. The molecule has 7 heteroatoms. The van der Waals surface area contributed by atoms with Crippen molar-refractivity contribution < 1.29 is 9.59 Å². The van der Waals surface area contributed by atoms with E-state index in [1.54, 1.807) is 12.1 Å². The van der Waals surface area contributed by atoms with Crippen molar-refractivity contribution in [3.63, 3.8) is 0 Å². The molecule has 2 N–H and O–H groups in total. The summed E-state index contributed by atoms with van der Waals surface area (Å²) in [6.07, 6.45) is 4.14. The number of unbranched alkanes of at least 4 members (excludes halogenated alkanes) is 2. The van der Waals surface area contributed by atoms with E-state index in [1.807, 2.05) is 29.4 Å². The van der Waals surface area contributed by atoms with Crippen LogP contribution in [0.3, 0.4) is 0 Å². The van der Waals surface area contributed by atoms with E-state index in [0.717, 1.165) is 31.4 Å². The number of pyridine rings is 1. The van der Waals surface area contributed by atoms with Crippen LogP contribution in [0.1, 0.15) is 58.1 Å². The van der Waals surface area contributed by atoms with Gasteiger partial charge in [0.2, 0.25) is 5.91 Å². The minimum absolute atomic E-state index is 0.00807. The Morgan fingerprint density at radius 2 is 1.97 bits per heavy atom. The van der Waals surface area contributed by atoms with Gasteiger partial charge in [0, 0.05) is 43.9 Å². The minimum Gasteiger partial charge on any atom is -0.354 e. The van der Waals surface area contributed by atoms with Gasteiger partial charge in [-0.1, -0.05) is 39.7 Å². The zero-order valence-corrected chi connectivity index (χ0v) is 17.8. The number of hydrogen-bond acceptors (Lipinski definition) is 3. The average Bonchev–Trinajstić information content (AvgIpc) is 2.69. The molecule has 0 radical (unpaired) electrons. The van der Waals surface area contributed by atoms with Gasteiger partial charge >= 0.3 is 6.03 Å². The van der Waals surface area contributed by atoms with E-state index < -0.39 is 6.04 Å². The predicted molar refractivity (Wildman–Crippen MR) is 113 cm³/mol. The molecule has 2 aliphatic rings. The van der Waals surface area contributed by atoms with E-state index in [0.29, 0.717) is 26.2 Å². The lowest BCUT2D eigenvalue weighted by atomic mass is 9.83. The Labute approximate surface area is 172 Å². The van der Waals surface area contributed by atoms with E-state index in [1.165, 1.54) is 0 Å². The molecule has 3 rings (SSSR count). The van der Waals surface area contributed by atoms with E-state index in [2.05, 4.69) is 17.6 Å². The van der Waals surface area contributed by atoms with Crippen molar-refractivity contribution in [3.05, 3.63) is 34.2 Å². The second-order valence-corrected chi connectivity index (χ2v) is 8.77. The number of hydrogen-bond donors (Lipinski definition) is 2. The molecule has 0 spiro atoms. The monoisotopic (exact) mass is 402 g/mol. The van der Waals surface area contributed by atoms with Crippen LogP contribution in [-0.4, -0.2) is 47.1 Å². The fraction of sp³-hybridized carbons (Fsp3) is 0.682. The Hall–Kier alpha value is -2.31.